The summed E-state index contributed by atoms with van der Waals surface area (Å²) in [5.41, 5.74) is 16.7. The van der Waals surface area contributed by atoms with Crippen molar-refractivity contribution < 1.29 is 0 Å². The predicted molar refractivity (Wildman–Crippen MR) is 218 cm³/mol. The zero-order chi connectivity index (χ0) is 37.0. The van der Waals surface area contributed by atoms with Gasteiger partial charge in [-0.05, 0) is 144 Å². The lowest BCUT2D eigenvalue weighted by Crippen LogP contribution is -2.50. The van der Waals surface area contributed by atoms with Crippen molar-refractivity contribution in [3.8, 4) is 0 Å². The molecule has 2 N–H and O–H groups in total. The lowest BCUT2D eigenvalue weighted by Gasteiger charge is -2.55. The Balaban J connectivity index is 0.000000556. The third-order valence-electron chi connectivity index (χ3n) is 12.6. The van der Waals surface area contributed by atoms with Crippen LogP contribution in [0.3, 0.4) is 0 Å². The maximum absolute atomic E-state index is 6.08. The molecular formula is C45H68N6. The largest absolute Gasteiger partial charge is 0.404 e. The van der Waals surface area contributed by atoms with Gasteiger partial charge in [0.2, 0.25) is 0 Å². The van der Waals surface area contributed by atoms with Gasteiger partial charge in [-0.3, -0.25) is 4.99 Å². The Morgan fingerprint density at radius 1 is 0.980 bits per heavy atom. The molecule has 0 spiro atoms. The molecule has 1 aromatic heterocycles. The van der Waals surface area contributed by atoms with Crippen LogP contribution in [-0.4, -0.2) is 46.3 Å². The molecule has 5 fully saturated rings. The fraction of sp³-hybridized carbons (Fsp3) is 0.622. The quantitative estimate of drug-likeness (QED) is 0.251. The second kappa shape index (κ2) is 16.1. The van der Waals surface area contributed by atoms with Crippen molar-refractivity contribution in [1.29, 1.82) is 0 Å². The first-order valence-electron chi connectivity index (χ1n) is 19.9. The third kappa shape index (κ3) is 9.15. The van der Waals surface area contributed by atoms with Crippen LogP contribution in [0, 0.1) is 31.1 Å². The van der Waals surface area contributed by atoms with Crippen LogP contribution in [-0.2, 0) is 11.8 Å². The van der Waals surface area contributed by atoms with Crippen LogP contribution in [0.1, 0.15) is 140 Å². The molecule has 0 unspecified atom stereocenters. The predicted octanol–water partition coefficient (Wildman–Crippen LogP) is 10.5. The number of aromatic nitrogens is 2. The maximum Gasteiger partial charge on any atom is 0.136 e. The first-order valence-corrected chi connectivity index (χ1v) is 19.9. The minimum Gasteiger partial charge on any atom is -0.404 e. The zero-order valence-corrected chi connectivity index (χ0v) is 33.5. The molecule has 1 aliphatic heterocycles. The molecular weight excluding hydrogens is 625 g/mol. The topological polar surface area (TPSA) is 70.6 Å². The van der Waals surface area contributed by atoms with Crippen molar-refractivity contribution in [1.82, 2.24) is 14.9 Å². The summed E-state index contributed by atoms with van der Waals surface area (Å²) >= 11 is 0. The molecule has 2 aromatic rings. The Kier molecular flexibility index (Phi) is 12.2. The average molecular weight is 693 g/mol. The molecule has 1 aromatic carbocycles. The van der Waals surface area contributed by atoms with Crippen LogP contribution < -0.4 is 10.6 Å². The highest BCUT2D eigenvalue weighted by molar-refractivity contribution is 6.09. The summed E-state index contributed by atoms with van der Waals surface area (Å²) in [7, 11) is 0. The SMILES string of the molecule is C=C(C)N1CC(C)C1.C=C(C1CCCCC1)N(CC12CCC(c3cc(C)c(CC)c(C)c3)(CC1)CC2)c1cc(/C(C=NC(C)(C)C)=C/N)ncn1. The number of allylic oxidation sites excluding steroid dienone is 3. The number of nitrogens with two attached hydrogens (primary N) is 1. The van der Waals surface area contributed by atoms with Crippen LogP contribution in [0.4, 0.5) is 5.82 Å². The standard InChI is InChI=1S/C38H55N5.C7H13N/c1-8-33-27(2)20-32(21-28(33)3)38-17-14-37(15-18-38,16-19-38)25-43(29(4)30-12-10-9-11-13-30)35-22-34(40-26-41-35)31(23-39)24-42-36(5,6)7;1-6(2)8-4-7(3)5-8/h20-24,26,30H,4,8-19,25,39H2,1-3,5-7H3;7H,1,4-5H2,2-3H3/b31-23+,42-24?;. The van der Waals surface area contributed by atoms with E-state index in [0.29, 0.717) is 11.3 Å². The Morgan fingerprint density at radius 2 is 1.59 bits per heavy atom. The van der Waals surface area contributed by atoms with Gasteiger partial charge in [-0.2, -0.15) is 0 Å². The summed E-state index contributed by atoms with van der Waals surface area (Å²) in [4.78, 5) is 19.0. The summed E-state index contributed by atoms with van der Waals surface area (Å²) in [6.45, 7) is 29.5. The molecule has 5 aliphatic rings. The Hall–Kier alpha value is -3.41. The molecule has 1 saturated heterocycles. The number of fused-ring (bicyclic) bond motifs is 3. The molecule has 2 heterocycles. The van der Waals surface area contributed by atoms with Crippen molar-refractivity contribution in [2.45, 2.75) is 143 Å². The summed E-state index contributed by atoms with van der Waals surface area (Å²) in [5, 5.41) is 0. The fourth-order valence-electron chi connectivity index (χ4n) is 9.23. The van der Waals surface area contributed by atoms with Gasteiger partial charge in [-0.15, -0.1) is 0 Å². The van der Waals surface area contributed by atoms with Gasteiger partial charge in [0.1, 0.15) is 12.1 Å². The van der Waals surface area contributed by atoms with Crippen LogP contribution in [0.2, 0.25) is 0 Å². The number of nitrogens with zero attached hydrogens (tertiary/aromatic N) is 5. The lowest BCUT2D eigenvalue weighted by molar-refractivity contribution is 0.0459. The van der Waals surface area contributed by atoms with Crippen LogP contribution in [0.25, 0.3) is 5.57 Å². The van der Waals surface area contributed by atoms with Crippen molar-refractivity contribution in [2.24, 2.45) is 28.0 Å². The number of benzene rings is 1. The van der Waals surface area contributed by atoms with E-state index in [1.807, 2.05) is 6.21 Å². The monoisotopic (exact) mass is 693 g/mol. The van der Waals surface area contributed by atoms with Crippen molar-refractivity contribution in [2.75, 3.05) is 24.5 Å². The summed E-state index contributed by atoms with van der Waals surface area (Å²) in [6, 6.07) is 7.15. The number of likely N-dealkylation sites (tertiary alicyclic amines) is 1. The summed E-state index contributed by atoms with van der Waals surface area (Å²) < 4.78 is 0. The van der Waals surface area contributed by atoms with Crippen molar-refractivity contribution in [3.05, 3.63) is 83.2 Å². The summed E-state index contributed by atoms with van der Waals surface area (Å²) in [6.07, 6.45) is 20.3. The van der Waals surface area contributed by atoms with E-state index in [1.54, 1.807) is 18.1 Å². The van der Waals surface area contributed by atoms with E-state index in [1.165, 1.54) is 112 Å². The van der Waals surface area contributed by atoms with Gasteiger partial charge in [0.25, 0.3) is 0 Å². The van der Waals surface area contributed by atoms with E-state index >= 15 is 0 Å². The molecule has 2 bridgehead atoms. The van der Waals surface area contributed by atoms with Crippen LogP contribution in [0.5, 0.6) is 0 Å². The van der Waals surface area contributed by atoms with E-state index in [0.717, 1.165) is 36.0 Å². The van der Waals surface area contributed by atoms with Gasteiger partial charge in [0, 0.05) is 55.1 Å². The minimum absolute atomic E-state index is 0.183. The highest BCUT2D eigenvalue weighted by Crippen LogP contribution is 2.58. The number of hydrogen-bond acceptors (Lipinski definition) is 6. The molecule has 0 amide bonds. The first kappa shape index (κ1) is 38.8. The number of hydrogen-bond donors (Lipinski definition) is 1. The average Bonchev–Trinajstić information content (AvgIpc) is 3.10. The Morgan fingerprint density at radius 3 is 2.08 bits per heavy atom. The molecule has 0 atom stereocenters. The second-order valence-electron chi connectivity index (χ2n) is 17.7. The third-order valence-corrected chi connectivity index (χ3v) is 12.6. The minimum atomic E-state index is -0.183. The smallest absolute Gasteiger partial charge is 0.136 e. The van der Waals surface area contributed by atoms with Gasteiger partial charge >= 0.3 is 0 Å². The maximum atomic E-state index is 6.08. The van der Waals surface area contributed by atoms with Gasteiger partial charge < -0.3 is 15.5 Å². The molecule has 4 aliphatic carbocycles. The van der Waals surface area contributed by atoms with E-state index < -0.39 is 0 Å². The molecule has 278 valence electrons. The van der Waals surface area contributed by atoms with Gasteiger partial charge in [-0.1, -0.05) is 58.4 Å². The number of anilines is 1. The molecule has 7 rings (SSSR count). The molecule has 0 radical (unpaired) electrons. The Labute approximate surface area is 310 Å². The second-order valence-corrected chi connectivity index (χ2v) is 17.7. The normalized spacial score (nSPS) is 24.2. The Bertz CT molecular complexity index is 1550. The lowest BCUT2D eigenvalue weighted by atomic mass is 9.51. The van der Waals surface area contributed by atoms with Crippen LogP contribution >= 0.6 is 0 Å². The van der Waals surface area contributed by atoms with Crippen LogP contribution in [0.15, 0.2) is 60.3 Å². The molecule has 51 heavy (non-hydrogen) atoms. The van der Waals surface area contributed by atoms with E-state index in [2.05, 4.69) is 95.0 Å². The zero-order valence-electron chi connectivity index (χ0n) is 33.5. The van der Waals surface area contributed by atoms with Gasteiger partial charge in [-0.25, -0.2) is 9.97 Å². The molecule has 6 nitrogen and oxygen atoms in total. The molecule has 6 heteroatoms. The fourth-order valence-corrected chi connectivity index (χ4v) is 9.23. The highest BCUT2D eigenvalue weighted by Gasteiger charge is 2.50. The highest BCUT2D eigenvalue weighted by atomic mass is 15.2. The van der Waals surface area contributed by atoms with Gasteiger partial charge in [0.05, 0.1) is 11.2 Å². The number of aryl methyl sites for hydroxylation is 2. The summed E-state index contributed by atoms with van der Waals surface area (Å²) in [5.74, 6) is 2.36. The molecule has 4 saturated carbocycles. The number of aliphatic imine (C=N–C) groups is 1. The number of rotatable bonds is 10. The van der Waals surface area contributed by atoms with E-state index in [4.69, 9.17) is 22.3 Å². The van der Waals surface area contributed by atoms with Gasteiger partial charge in [0.15, 0.2) is 0 Å². The van der Waals surface area contributed by atoms with E-state index in [9.17, 15) is 0 Å². The van der Waals surface area contributed by atoms with Crippen molar-refractivity contribution >= 4 is 17.6 Å². The van der Waals surface area contributed by atoms with E-state index in [-0.39, 0.29) is 11.0 Å². The van der Waals surface area contributed by atoms with Crippen molar-refractivity contribution in [3.63, 3.8) is 0 Å². The first-order chi connectivity index (χ1) is 24.2.